The first-order chi connectivity index (χ1) is 14.3. The first-order valence-corrected chi connectivity index (χ1v) is 8.98. The zero-order valence-electron chi connectivity index (χ0n) is 16.1. The van der Waals surface area contributed by atoms with Gasteiger partial charge in [0.15, 0.2) is 0 Å². The molecule has 1 aromatic carbocycles. The van der Waals surface area contributed by atoms with Gasteiger partial charge in [-0.25, -0.2) is 9.97 Å². The second kappa shape index (κ2) is 7.70. The van der Waals surface area contributed by atoms with Crippen LogP contribution in [0.3, 0.4) is 0 Å². The number of nitrogens with zero attached hydrogens (tertiary/aromatic N) is 4. The van der Waals surface area contributed by atoms with Crippen LogP contribution in [0.5, 0.6) is 5.75 Å². The number of benzene rings is 1. The smallest absolute Gasteiger partial charge is 0.256 e. The minimum Gasteiger partial charge on any atom is -0.516 e. The van der Waals surface area contributed by atoms with Gasteiger partial charge in [-0.3, -0.25) is 9.78 Å². The summed E-state index contributed by atoms with van der Waals surface area (Å²) >= 11 is 0. The van der Waals surface area contributed by atoms with Gasteiger partial charge in [-0.2, -0.15) is 0 Å². The lowest BCUT2D eigenvalue weighted by molar-refractivity contribution is 0.102. The van der Waals surface area contributed by atoms with E-state index in [0.29, 0.717) is 22.6 Å². The maximum absolute atomic E-state index is 12.6. The largest absolute Gasteiger partial charge is 0.516 e. The Bertz CT molecular complexity index is 1220. The predicted molar refractivity (Wildman–Crippen MR) is 117 cm³/mol. The average Bonchev–Trinajstić information content (AvgIpc) is 3.12. The van der Waals surface area contributed by atoms with E-state index in [1.54, 1.807) is 55.2 Å². The van der Waals surface area contributed by atoms with E-state index in [1.807, 2.05) is 17.7 Å². The summed E-state index contributed by atoms with van der Waals surface area (Å²) in [5, 5.41) is 1.82. The highest BCUT2D eigenvalue weighted by Crippen LogP contribution is 2.23. The molecule has 140 valence electrons. The van der Waals surface area contributed by atoms with Crippen molar-refractivity contribution in [1.29, 1.82) is 0 Å². The van der Waals surface area contributed by atoms with Gasteiger partial charge in [0, 0.05) is 29.8 Å². The van der Waals surface area contributed by atoms with Gasteiger partial charge in [0.1, 0.15) is 35.1 Å². The van der Waals surface area contributed by atoms with Crippen molar-refractivity contribution >= 4 is 46.2 Å². The van der Waals surface area contributed by atoms with Gasteiger partial charge in [-0.1, -0.05) is 0 Å². The minimum absolute atomic E-state index is 0.330. The molecule has 0 unspecified atom stereocenters. The van der Waals surface area contributed by atoms with Crippen molar-refractivity contribution in [3.63, 3.8) is 0 Å². The van der Waals surface area contributed by atoms with Crippen molar-refractivity contribution in [2.45, 2.75) is 5.30 Å². The summed E-state index contributed by atoms with van der Waals surface area (Å²) in [6.07, 6.45) is 6.87. The molecule has 0 saturated heterocycles. The third kappa shape index (κ3) is 4.37. The second-order valence-electron chi connectivity index (χ2n) is 6.81. The average molecular weight is 389 g/mol. The number of carbonyl (C=O) groups excluding carboxylic acids is 1. The molecule has 0 bridgehead atoms. The summed E-state index contributed by atoms with van der Waals surface area (Å²) in [5.74, 6) is 0.419. The van der Waals surface area contributed by atoms with E-state index in [2.05, 4.69) is 20.3 Å². The molecule has 3 heterocycles. The highest BCUT2D eigenvalue weighted by molar-refractivity contribution is 6.58. The monoisotopic (exact) mass is 389 g/mol. The molecule has 0 aliphatic carbocycles. The molecule has 3 aromatic heterocycles. The lowest BCUT2D eigenvalue weighted by Gasteiger charge is -2.23. The number of aromatic nitrogens is 4. The molecule has 1 amide bonds. The van der Waals surface area contributed by atoms with Gasteiger partial charge in [0.2, 0.25) is 0 Å². The Morgan fingerprint density at radius 2 is 1.83 bits per heavy atom. The molecule has 1 N–H and O–H groups in total. The quantitative estimate of drug-likeness (QED) is 0.527. The van der Waals surface area contributed by atoms with Crippen LogP contribution in [0.2, 0.25) is 0 Å². The van der Waals surface area contributed by atoms with Crippen molar-refractivity contribution in [1.82, 2.24) is 19.5 Å². The van der Waals surface area contributed by atoms with Crippen LogP contribution in [0.4, 0.5) is 5.82 Å². The van der Waals surface area contributed by atoms with E-state index in [9.17, 15) is 4.79 Å². The van der Waals surface area contributed by atoms with E-state index >= 15 is 0 Å². The lowest BCUT2D eigenvalue weighted by atomic mass is 9.52. The summed E-state index contributed by atoms with van der Waals surface area (Å²) in [4.78, 5) is 25.4. The first kappa shape index (κ1) is 19.8. The van der Waals surface area contributed by atoms with E-state index in [4.69, 9.17) is 28.3 Å². The number of aryl methyl sites for hydroxylation is 1. The maximum Gasteiger partial charge on any atom is 0.256 e. The number of rotatable bonds is 5. The molecule has 30 heavy (non-hydrogen) atoms. The molecular weight excluding hydrogens is 375 g/mol. The van der Waals surface area contributed by atoms with E-state index in [0.717, 1.165) is 16.6 Å². The van der Waals surface area contributed by atoms with E-state index < -0.39 is 5.30 Å². The summed E-state index contributed by atoms with van der Waals surface area (Å²) in [6, 6.07) is 9.98. The number of carbonyl (C=O) groups is 1. The Balaban J connectivity index is 1.54. The SMILES string of the molecule is [B]C([B])([B])Oc1ccc(C(=O)Nc2cc3cc(-c4cncn4C)cnc3cn2)cc1. The molecule has 10 heteroatoms. The normalized spacial score (nSPS) is 11.4. The molecule has 4 aromatic rings. The van der Waals surface area contributed by atoms with Crippen LogP contribution >= 0.6 is 0 Å². The molecule has 4 rings (SSSR count). The third-order valence-corrected chi connectivity index (χ3v) is 4.33. The molecule has 0 spiro atoms. The van der Waals surface area contributed by atoms with Crippen molar-refractivity contribution < 1.29 is 9.53 Å². The molecule has 0 fully saturated rings. The lowest BCUT2D eigenvalue weighted by Crippen LogP contribution is -2.37. The Labute approximate surface area is 177 Å². The van der Waals surface area contributed by atoms with E-state index in [1.165, 1.54) is 0 Å². The number of ether oxygens (including phenoxy) is 1. The van der Waals surface area contributed by atoms with Crippen LogP contribution in [0.25, 0.3) is 22.2 Å². The predicted octanol–water partition coefficient (Wildman–Crippen LogP) is 1.78. The van der Waals surface area contributed by atoms with Crippen LogP contribution in [0, 0.1) is 0 Å². The number of hydrogen-bond donors (Lipinski definition) is 1. The van der Waals surface area contributed by atoms with Gasteiger partial charge >= 0.3 is 0 Å². The van der Waals surface area contributed by atoms with Crippen LogP contribution in [0.15, 0.2) is 61.3 Å². The number of fused-ring (bicyclic) bond motifs is 1. The number of hydrogen-bond acceptors (Lipinski definition) is 5. The summed E-state index contributed by atoms with van der Waals surface area (Å²) in [5.41, 5.74) is 2.97. The molecule has 0 aliphatic heterocycles. The van der Waals surface area contributed by atoms with Crippen molar-refractivity contribution in [2.75, 3.05) is 5.32 Å². The second-order valence-corrected chi connectivity index (χ2v) is 6.81. The highest BCUT2D eigenvalue weighted by Gasteiger charge is 2.12. The van der Waals surface area contributed by atoms with Crippen LogP contribution < -0.4 is 10.1 Å². The van der Waals surface area contributed by atoms with Gasteiger partial charge in [0.25, 0.3) is 5.91 Å². The van der Waals surface area contributed by atoms with Crippen LogP contribution in [0.1, 0.15) is 10.4 Å². The molecule has 0 aliphatic rings. The van der Waals surface area contributed by atoms with Gasteiger partial charge < -0.3 is 14.6 Å². The molecule has 6 radical (unpaired) electrons. The first-order valence-electron chi connectivity index (χ1n) is 8.98. The number of amides is 1. The molecule has 7 nitrogen and oxygen atoms in total. The Kier molecular flexibility index (Phi) is 5.07. The minimum atomic E-state index is -1.79. The topological polar surface area (TPSA) is 81.9 Å². The molecule has 0 saturated carbocycles. The summed E-state index contributed by atoms with van der Waals surface area (Å²) in [7, 11) is 18.1. The van der Waals surface area contributed by atoms with Crippen molar-refractivity contribution in [3.8, 4) is 17.0 Å². The van der Waals surface area contributed by atoms with Crippen molar-refractivity contribution in [3.05, 3.63) is 66.9 Å². The van der Waals surface area contributed by atoms with Crippen LogP contribution in [-0.2, 0) is 7.05 Å². The van der Waals surface area contributed by atoms with Gasteiger partial charge in [-0.15, -0.1) is 0 Å². The Morgan fingerprint density at radius 3 is 2.50 bits per heavy atom. The number of anilines is 1. The fourth-order valence-corrected chi connectivity index (χ4v) is 2.94. The molecular formula is C20H14B3N5O2. The number of imidazole rings is 1. The number of pyridine rings is 2. The Morgan fingerprint density at radius 1 is 1.07 bits per heavy atom. The standard InChI is InChI=1S/C20H14B3N5O2/c1-28-11-24-10-17(28)14-6-13-7-18(26-9-16(13)25-8-14)27-19(29)12-2-4-15(5-3-12)30-20(21,22)23/h2-11H,1H3,(H,26,27,29). The van der Waals surface area contributed by atoms with E-state index in [-0.39, 0.29) is 5.91 Å². The summed E-state index contributed by atoms with van der Waals surface area (Å²) < 4.78 is 7.04. The Hall–Kier alpha value is -3.55. The van der Waals surface area contributed by atoms with Crippen LogP contribution in [-0.4, -0.2) is 54.3 Å². The summed E-state index contributed by atoms with van der Waals surface area (Å²) in [6.45, 7) is 0. The maximum atomic E-state index is 12.6. The highest BCUT2D eigenvalue weighted by atomic mass is 16.5. The fraction of sp³-hybridized carbons (Fsp3) is 0.100. The van der Waals surface area contributed by atoms with Gasteiger partial charge in [-0.05, 0) is 41.7 Å². The van der Waals surface area contributed by atoms with Crippen molar-refractivity contribution in [2.24, 2.45) is 7.05 Å². The third-order valence-electron chi connectivity index (χ3n) is 4.33. The zero-order chi connectivity index (χ0) is 21.3. The fourth-order valence-electron chi connectivity index (χ4n) is 2.94. The number of nitrogens with one attached hydrogen (secondary N) is 1. The zero-order valence-corrected chi connectivity index (χ0v) is 16.1. The molecule has 0 atom stereocenters. The van der Waals surface area contributed by atoms with Gasteiger partial charge in [0.05, 0.1) is 29.9 Å².